The second-order valence-corrected chi connectivity index (χ2v) is 6.32. The molecule has 1 fully saturated rings. The molecule has 5 atom stereocenters. The van der Waals surface area contributed by atoms with Crippen LogP contribution < -0.4 is 10.6 Å². The largest absolute Gasteiger partial charge is 0.390 e. The van der Waals surface area contributed by atoms with Crippen molar-refractivity contribution in [2.75, 3.05) is 17.7 Å². The summed E-state index contributed by atoms with van der Waals surface area (Å²) in [5, 5.41) is 31.2. The number of aliphatic hydroxyl groups is 3. The number of aliphatic hydroxyl groups excluding tert-OH is 3. The number of benzene rings is 1. The highest BCUT2D eigenvalue weighted by molar-refractivity contribution is 5.35. The molecule has 0 radical (unpaired) electrons. The monoisotopic (exact) mass is 367 g/mol. The minimum absolute atomic E-state index is 0.00765. The minimum Gasteiger partial charge on any atom is -0.390 e. The highest BCUT2D eigenvalue weighted by Crippen LogP contribution is 2.39. The summed E-state index contributed by atoms with van der Waals surface area (Å²) in [5.74, 6) is -2.70. The lowest BCUT2D eigenvalue weighted by molar-refractivity contribution is -0.0232. The van der Waals surface area contributed by atoms with E-state index in [-0.39, 0.29) is 23.9 Å². The smallest absolute Gasteiger partial charge is 0.230 e. The molecule has 0 spiro atoms. The van der Waals surface area contributed by atoms with E-state index >= 15 is 0 Å². The van der Waals surface area contributed by atoms with E-state index in [1.807, 2.05) is 0 Å². The number of nitrogens with two attached hydrogens (primary N) is 1. The first-order chi connectivity index (χ1) is 12.3. The maximum atomic E-state index is 13.4. The Bertz CT molecular complexity index is 796. The van der Waals surface area contributed by atoms with Crippen molar-refractivity contribution in [2.45, 2.75) is 30.8 Å². The molecule has 10 heteroatoms. The molecule has 5 N–H and O–H groups in total. The van der Waals surface area contributed by atoms with Crippen LogP contribution in [0.1, 0.15) is 18.1 Å². The van der Waals surface area contributed by atoms with Gasteiger partial charge in [0.2, 0.25) is 11.9 Å². The maximum absolute atomic E-state index is 13.4. The van der Waals surface area contributed by atoms with Crippen LogP contribution in [-0.2, 0) is 0 Å². The number of likely N-dealkylation sites (N-methyl/N-ethyl adjacent to an activating group) is 1. The molecule has 1 heterocycles. The summed E-state index contributed by atoms with van der Waals surface area (Å²) in [6.45, 7) is 0. The van der Waals surface area contributed by atoms with Gasteiger partial charge in [0.1, 0.15) is 12.4 Å². The van der Waals surface area contributed by atoms with Gasteiger partial charge in [0, 0.05) is 13.0 Å². The van der Waals surface area contributed by atoms with Crippen LogP contribution in [-0.4, -0.2) is 55.6 Å². The Labute approximate surface area is 148 Å². The standard InChI is InChI=1S/C16H19F2N5O3/c1-23(16-21-6-20-15(19)22-16)11-5-8(13(25)14(11)26)12(24)7-2-3-9(17)10(18)4-7/h2-4,6,8,11-14,24-26H,5H2,1H3,(H2,19,20,21,22)/t8?,11?,12?,13-,14+/m1/s1. The number of aromatic nitrogens is 3. The molecular weight excluding hydrogens is 348 g/mol. The maximum Gasteiger partial charge on any atom is 0.230 e. The molecule has 140 valence electrons. The van der Waals surface area contributed by atoms with E-state index < -0.39 is 41.9 Å². The Kier molecular flexibility index (Phi) is 4.99. The molecule has 0 saturated heterocycles. The molecule has 2 aromatic rings. The van der Waals surface area contributed by atoms with Gasteiger partial charge in [-0.15, -0.1) is 0 Å². The summed E-state index contributed by atoms with van der Waals surface area (Å²) < 4.78 is 26.5. The Morgan fingerprint density at radius 2 is 1.92 bits per heavy atom. The van der Waals surface area contributed by atoms with Gasteiger partial charge in [-0.05, 0) is 24.1 Å². The highest BCUT2D eigenvalue weighted by atomic mass is 19.2. The first-order valence-electron chi connectivity index (χ1n) is 7.96. The van der Waals surface area contributed by atoms with Crippen LogP contribution >= 0.6 is 0 Å². The van der Waals surface area contributed by atoms with Gasteiger partial charge >= 0.3 is 0 Å². The quantitative estimate of drug-likeness (QED) is 0.595. The van der Waals surface area contributed by atoms with Crippen LogP contribution in [0.5, 0.6) is 0 Å². The van der Waals surface area contributed by atoms with Gasteiger partial charge in [-0.2, -0.15) is 4.98 Å². The number of nitrogens with zero attached hydrogens (tertiary/aromatic N) is 4. The van der Waals surface area contributed by atoms with Gasteiger partial charge in [0.05, 0.1) is 18.2 Å². The SMILES string of the molecule is CN(c1ncnc(N)n1)C1CC(C(O)c2ccc(F)c(F)c2)[C@@H](O)[C@H]1O. The molecule has 1 aliphatic rings. The Morgan fingerprint density at radius 3 is 2.58 bits per heavy atom. The predicted octanol–water partition coefficient (Wildman–Crippen LogP) is 0.0121. The van der Waals surface area contributed by atoms with Crippen molar-refractivity contribution >= 4 is 11.9 Å². The molecule has 8 nitrogen and oxygen atoms in total. The van der Waals surface area contributed by atoms with Crippen molar-refractivity contribution < 1.29 is 24.1 Å². The van der Waals surface area contributed by atoms with Crippen molar-refractivity contribution in [2.24, 2.45) is 5.92 Å². The third kappa shape index (κ3) is 3.30. The molecule has 1 aliphatic carbocycles. The molecule has 0 bridgehead atoms. The Balaban J connectivity index is 1.81. The summed E-state index contributed by atoms with van der Waals surface area (Å²) in [7, 11) is 1.61. The second-order valence-electron chi connectivity index (χ2n) is 6.32. The van der Waals surface area contributed by atoms with E-state index in [4.69, 9.17) is 5.73 Å². The second kappa shape index (κ2) is 7.06. The van der Waals surface area contributed by atoms with Crippen molar-refractivity contribution in [3.05, 3.63) is 41.7 Å². The molecule has 0 amide bonds. The third-order valence-corrected chi connectivity index (χ3v) is 4.78. The van der Waals surface area contributed by atoms with E-state index in [0.717, 1.165) is 12.1 Å². The van der Waals surface area contributed by atoms with Crippen LogP contribution in [0, 0.1) is 17.6 Å². The number of rotatable bonds is 4. The summed E-state index contributed by atoms with van der Waals surface area (Å²) in [6.07, 6.45) is -2.37. The first kappa shape index (κ1) is 18.4. The normalized spacial score (nSPS) is 26.7. The third-order valence-electron chi connectivity index (χ3n) is 4.78. The summed E-state index contributed by atoms with van der Waals surface area (Å²) in [6, 6.07) is 2.41. The van der Waals surface area contributed by atoms with Crippen LogP contribution in [0.25, 0.3) is 0 Å². The van der Waals surface area contributed by atoms with E-state index in [0.29, 0.717) is 0 Å². The van der Waals surface area contributed by atoms with Gasteiger partial charge in [-0.25, -0.2) is 18.7 Å². The minimum atomic E-state index is -1.28. The molecule has 26 heavy (non-hydrogen) atoms. The van der Waals surface area contributed by atoms with E-state index in [2.05, 4.69) is 15.0 Å². The fourth-order valence-corrected chi connectivity index (χ4v) is 3.30. The van der Waals surface area contributed by atoms with Crippen LogP contribution in [0.3, 0.4) is 0 Å². The number of hydrogen-bond donors (Lipinski definition) is 4. The van der Waals surface area contributed by atoms with Gasteiger partial charge in [0.25, 0.3) is 0 Å². The topological polar surface area (TPSA) is 129 Å². The predicted molar refractivity (Wildman–Crippen MR) is 87.9 cm³/mol. The average Bonchev–Trinajstić information content (AvgIpc) is 2.91. The lowest BCUT2D eigenvalue weighted by atomic mass is 9.92. The fourth-order valence-electron chi connectivity index (χ4n) is 3.30. The van der Waals surface area contributed by atoms with Crippen LogP contribution in [0.4, 0.5) is 20.7 Å². The van der Waals surface area contributed by atoms with Crippen LogP contribution in [0.15, 0.2) is 24.5 Å². The van der Waals surface area contributed by atoms with E-state index in [1.54, 1.807) is 7.05 Å². The van der Waals surface area contributed by atoms with Gasteiger partial charge in [0.15, 0.2) is 11.6 Å². The Morgan fingerprint density at radius 1 is 1.19 bits per heavy atom. The lowest BCUT2D eigenvalue weighted by Crippen LogP contribution is -2.42. The number of anilines is 2. The molecule has 1 aromatic carbocycles. The van der Waals surface area contributed by atoms with Gasteiger partial charge in [-0.3, -0.25) is 0 Å². The molecule has 3 rings (SSSR count). The zero-order valence-corrected chi connectivity index (χ0v) is 13.9. The lowest BCUT2D eigenvalue weighted by Gasteiger charge is -2.27. The summed E-state index contributed by atoms with van der Waals surface area (Å²) in [5.41, 5.74) is 5.65. The van der Waals surface area contributed by atoms with E-state index in [9.17, 15) is 24.1 Å². The highest BCUT2D eigenvalue weighted by Gasteiger charge is 2.47. The van der Waals surface area contributed by atoms with E-state index in [1.165, 1.54) is 17.3 Å². The zero-order valence-electron chi connectivity index (χ0n) is 13.9. The fraction of sp³-hybridized carbons (Fsp3) is 0.438. The molecular formula is C16H19F2N5O3. The van der Waals surface area contributed by atoms with Crippen LogP contribution in [0.2, 0.25) is 0 Å². The summed E-state index contributed by atoms with van der Waals surface area (Å²) in [4.78, 5) is 13.2. The van der Waals surface area contributed by atoms with Crippen molar-refractivity contribution in [1.29, 1.82) is 0 Å². The van der Waals surface area contributed by atoms with Crippen molar-refractivity contribution in [3.63, 3.8) is 0 Å². The first-order valence-corrected chi connectivity index (χ1v) is 7.96. The average molecular weight is 367 g/mol. The molecule has 0 aliphatic heterocycles. The van der Waals surface area contributed by atoms with Gasteiger partial charge in [-0.1, -0.05) is 6.07 Å². The zero-order chi connectivity index (χ0) is 19.0. The molecule has 3 unspecified atom stereocenters. The number of hydrogen-bond acceptors (Lipinski definition) is 8. The Hall–Kier alpha value is -2.43. The molecule has 1 saturated carbocycles. The van der Waals surface area contributed by atoms with Gasteiger partial charge < -0.3 is 26.0 Å². The van der Waals surface area contributed by atoms with Crippen molar-refractivity contribution in [3.8, 4) is 0 Å². The number of nitrogen functional groups attached to an aromatic ring is 1. The summed E-state index contributed by atoms with van der Waals surface area (Å²) >= 11 is 0. The molecule has 1 aromatic heterocycles. The van der Waals surface area contributed by atoms with Crippen molar-refractivity contribution in [1.82, 2.24) is 15.0 Å². The number of halogens is 2.